The molecule has 0 atom stereocenters. The SMILES string of the molecule is CC(C)C(C)(C)CNc1cc(=O)n(C)c2ccccc12. The predicted octanol–water partition coefficient (Wildman–Crippen LogP) is 3.63. The van der Waals surface area contributed by atoms with Gasteiger partial charge in [-0.1, -0.05) is 45.9 Å². The van der Waals surface area contributed by atoms with Gasteiger partial charge >= 0.3 is 0 Å². The number of benzene rings is 1. The maximum atomic E-state index is 12.0. The summed E-state index contributed by atoms with van der Waals surface area (Å²) in [5.41, 5.74) is 2.10. The zero-order valence-electron chi connectivity index (χ0n) is 13.0. The van der Waals surface area contributed by atoms with Crippen LogP contribution in [0.15, 0.2) is 35.1 Å². The van der Waals surface area contributed by atoms with Crippen molar-refractivity contribution < 1.29 is 0 Å². The van der Waals surface area contributed by atoms with Crippen molar-refractivity contribution in [3.05, 3.63) is 40.7 Å². The molecule has 1 aromatic heterocycles. The zero-order valence-corrected chi connectivity index (χ0v) is 13.0. The first-order valence-electron chi connectivity index (χ1n) is 7.15. The molecule has 108 valence electrons. The van der Waals surface area contributed by atoms with Crippen LogP contribution in [0.1, 0.15) is 27.7 Å². The third kappa shape index (κ3) is 2.72. The molecule has 0 radical (unpaired) electrons. The summed E-state index contributed by atoms with van der Waals surface area (Å²) in [5.74, 6) is 0.577. The average molecular weight is 272 g/mol. The number of aromatic nitrogens is 1. The Morgan fingerprint density at radius 1 is 1.25 bits per heavy atom. The number of rotatable bonds is 4. The summed E-state index contributed by atoms with van der Waals surface area (Å²) in [6.45, 7) is 9.79. The standard InChI is InChI=1S/C17H24N2O/c1-12(2)17(3,4)11-18-14-10-16(20)19(5)15-9-7-6-8-13(14)15/h6-10,12,18H,11H2,1-5H3. The van der Waals surface area contributed by atoms with Crippen LogP contribution in [0.4, 0.5) is 5.69 Å². The van der Waals surface area contributed by atoms with Gasteiger partial charge in [0.2, 0.25) is 0 Å². The lowest BCUT2D eigenvalue weighted by molar-refractivity contribution is 0.270. The van der Waals surface area contributed by atoms with E-state index in [1.54, 1.807) is 10.6 Å². The van der Waals surface area contributed by atoms with Crippen molar-refractivity contribution in [1.82, 2.24) is 4.57 Å². The van der Waals surface area contributed by atoms with Gasteiger partial charge in [0, 0.05) is 30.7 Å². The summed E-state index contributed by atoms with van der Waals surface area (Å²) in [6, 6.07) is 9.70. The Morgan fingerprint density at radius 3 is 2.55 bits per heavy atom. The molecule has 0 aliphatic rings. The summed E-state index contributed by atoms with van der Waals surface area (Å²) in [5, 5.41) is 4.56. The molecule has 0 saturated heterocycles. The molecular formula is C17H24N2O. The predicted molar refractivity (Wildman–Crippen MR) is 86.3 cm³/mol. The number of hydrogen-bond donors (Lipinski definition) is 1. The lowest BCUT2D eigenvalue weighted by atomic mass is 9.81. The van der Waals surface area contributed by atoms with Gasteiger partial charge in [0.15, 0.2) is 0 Å². The topological polar surface area (TPSA) is 34.0 Å². The van der Waals surface area contributed by atoms with E-state index in [1.807, 2.05) is 25.2 Å². The van der Waals surface area contributed by atoms with E-state index < -0.39 is 0 Å². The van der Waals surface area contributed by atoms with Crippen LogP contribution in [0.25, 0.3) is 10.9 Å². The second-order valence-corrected chi connectivity index (χ2v) is 6.47. The minimum Gasteiger partial charge on any atom is -0.384 e. The Morgan fingerprint density at radius 2 is 1.90 bits per heavy atom. The number of pyridine rings is 1. The van der Waals surface area contributed by atoms with Gasteiger partial charge in [0.1, 0.15) is 0 Å². The molecule has 0 bridgehead atoms. The van der Waals surface area contributed by atoms with E-state index in [4.69, 9.17) is 0 Å². The Hall–Kier alpha value is -1.77. The number of hydrogen-bond acceptors (Lipinski definition) is 2. The van der Waals surface area contributed by atoms with Crippen LogP contribution in [-0.4, -0.2) is 11.1 Å². The van der Waals surface area contributed by atoms with Crippen LogP contribution in [0.5, 0.6) is 0 Å². The van der Waals surface area contributed by atoms with Crippen molar-refractivity contribution >= 4 is 16.6 Å². The van der Waals surface area contributed by atoms with Crippen molar-refractivity contribution in [3.8, 4) is 0 Å². The van der Waals surface area contributed by atoms with Crippen LogP contribution < -0.4 is 10.9 Å². The second-order valence-electron chi connectivity index (χ2n) is 6.47. The van der Waals surface area contributed by atoms with Crippen LogP contribution in [-0.2, 0) is 7.05 Å². The summed E-state index contributed by atoms with van der Waals surface area (Å²) < 4.78 is 1.69. The van der Waals surface area contributed by atoms with Gasteiger partial charge in [-0.15, -0.1) is 0 Å². The van der Waals surface area contributed by atoms with Crippen LogP contribution in [0.3, 0.4) is 0 Å². The van der Waals surface area contributed by atoms with Crippen molar-refractivity contribution in [3.63, 3.8) is 0 Å². The molecule has 1 heterocycles. The van der Waals surface area contributed by atoms with Crippen molar-refractivity contribution in [2.75, 3.05) is 11.9 Å². The van der Waals surface area contributed by atoms with Gasteiger partial charge in [-0.05, 0) is 17.4 Å². The third-order valence-electron chi connectivity index (χ3n) is 4.45. The summed E-state index contributed by atoms with van der Waals surface area (Å²) >= 11 is 0. The van der Waals surface area contributed by atoms with Crippen molar-refractivity contribution in [1.29, 1.82) is 0 Å². The first-order valence-corrected chi connectivity index (χ1v) is 7.15. The van der Waals surface area contributed by atoms with Gasteiger partial charge in [0.05, 0.1) is 5.52 Å². The summed E-state index contributed by atoms with van der Waals surface area (Å²) in [4.78, 5) is 12.0. The number of para-hydroxylation sites is 1. The van der Waals surface area contributed by atoms with Crippen LogP contribution in [0.2, 0.25) is 0 Å². The molecule has 0 spiro atoms. The normalized spacial score (nSPS) is 12.1. The Bertz CT molecular complexity index is 668. The van der Waals surface area contributed by atoms with Gasteiger partial charge < -0.3 is 9.88 Å². The Labute approximate surface area is 120 Å². The Kier molecular flexibility index (Phi) is 3.89. The van der Waals surface area contributed by atoms with Gasteiger partial charge in [-0.2, -0.15) is 0 Å². The molecule has 20 heavy (non-hydrogen) atoms. The minimum atomic E-state index is 0.0218. The van der Waals surface area contributed by atoms with Gasteiger partial charge in [0.25, 0.3) is 5.56 Å². The van der Waals surface area contributed by atoms with E-state index in [-0.39, 0.29) is 11.0 Å². The molecule has 0 amide bonds. The largest absolute Gasteiger partial charge is 0.384 e. The maximum Gasteiger partial charge on any atom is 0.252 e. The van der Waals surface area contributed by atoms with E-state index >= 15 is 0 Å². The molecule has 3 nitrogen and oxygen atoms in total. The lowest BCUT2D eigenvalue weighted by Crippen LogP contribution is -2.29. The highest BCUT2D eigenvalue weighted by Crippen LogP contribution is 2.28. The molecule has 3 heteroatoms. The summed E-state index contributed by atoms with van der Waals surface area (Å²) in [6.07, 6.45) is 0. The molecule has 1 N–H and O–H groups in total. The van der Waals surface area contributed by atoms with Gasteiger partial charge in [-0.3, -0.25) is 4.79 Å². The monoisotopic (exact) mass is 272 g/mol. The molecule has 2 rings (SSSR count). The fourth-order valence-corrected chi connectivity index (χ4v) is 2.08. The van der Waals surface area contributed by atoms with E-state index in [2.05, 4.69) is 39.1 Å². The highest BCUT2D eigenvalue weighted by molar-refractivity contribution is 5.91. The fraction of sp³-hybridized carbons (Fsp3) is 0.471. The van der Waals surface area contributed by atoms with E-state index in [9.17, 15) is 4.79 Å². The molecule has 0 aliphatic heterocycles. The number of aryl methyl sites for hydroxylation is 1. The first-order chi connectivity index (χ1) is 9.33. The number of anilines is 1. The highest BCUT2D eigenvalue weighted by Gasteiger charge is 2.22. The smallest absolute Gasteiger partial charge is 0.252 e. The third-order valence-corrected chi connectivity index (χ3v) is 4.45. The first kappa shape index (κ1) is 14.6. The van der Waals surface area contributed by atoms with E-state index in [0.717, 1.165) is 23.1 Å². The van der Waals surface area contributed by atoms with Crippen LogP contribution in [0, 0.1) is 11.3 Å². The molecule has 0 fully saturated rings. The molecule has 1 aromatic carbocycles. The van der Waals surface area contributed by atoms with Crippen molar-refractivity contribution in [2.45, 2.75) is 27.7 Å². The highest BCUT2D eigenvalue weighted by atomic mass is 16.1. The fourth-order valence-electron chi connectivity index (χ4n) is 2.08. The second kappa shape index (κ2) is 5.31. The Balaban J connectivity index is 2.41. The maximum absolute atomic E-state index is 12.0. The zero-order chi connectivity index (χ0) is 14.9. The minimum absolute atomic E-state index is 0.0218. The summed E-state index contributed by atoms with van der Waals surface area (Å²) in [7, 11) is 1.81. The lowest BCUT2D eigenvalue weighted by Gasteiger charge is -2.30. The van der Waals surface area contributed by atoms with E-state index in [0.29, 0.717) is 5.92 Å². The average Bonchev–Trinajstić information content (AvgIpc) is 2.41. The van der Waals surface area contributed by atoms with Crippen LogP contribution >= 0.6 is 0 Å². The molecule has 2 aromatic rings. The molecular weight excluding hydrogens is 248 g/mol. The number of nitrogens with one attached hydrogen (secondary N) is 1. The number of nitrogens with zero attached hydrogens (tertiary/aromatic N) is 1. The van der Waals surface area contributed by atoms with Gasteiger partial charge in [-0.25, -0.2) is 0 Å². The number of fused-ring (bicyclic) bond motifs is 1. The van der Waals surface area contributed by atoms with Crippen molar-refractivity contribution in [2.24, 2.45) is 18.4 Å². The molecule has 0 unspecified atom stereocenters. The molecule has 0 aliphatic carbocycles. The quantitative estimate of drug-likeness (QED) is 0.922. The van der Waals surface area contributed by atoms with E-state index in [1.165, 1.54) is 0 Å². The molecule has 0 saturated carbocycles.